The second kappa shape index (κ2) is 6.88. The number of rotatable bonds is 2. The van der Waals surface area contributed by atoms with Gasteiger partial charge in [0.25, 0.3) is 0 Å². The predicted octanol–water partition coefficient (Wildman–Crippen LogP) is 8.06. The lowest BCUT2D eigenvalue weighted by molar-refractivity contribution is 0.590. The third kappa shape index (κ3) is 3.02. The van der Waals surface area contributed by atoms with Crippen LogP contribution >= 0.6 is 0 Å². The third-order valence-corrected chi connectivity index (χ3v) is 6.09. The van der Waals surface area contributed by atoms with Crippen LogP contribution < -0.4 is 0 Å². The van der Waals surface area contributed by atoms with E-state index >= 15 is 0 Å². The monoisotopic (exact) mass is 389 g/mol. The first kappa shape index (κ1) is 18.7. The first-order valence-electron chi connectivity index (χ1n) is 10.6. The SMILES string of the molecule is Cc1cc(C(C)(C)C)ccc1-c1ccc2c(c1)c1ccccc1n2-c1ccccc1. The Kier molecular flexibility index (Phi) is 4.29. The molecule has 0 aliphatic heterocycles. The van der Waals surface area contributed by atoms with Crippen molar-refractivity contribution in [3.63, 3.8) is 0 Å². The predicted molar refractivity (Wildman–Crippen MR) is 130 cm³/mol. The van der Waals surface area contributed by atoms with E-state index in [1.54, 1.807) is 0 Å². The van der Waals surface area contributed by atoms with Gasteiger partial charge >= 0.3 is 0 Å². The van der Waals surface area contributed by atoms with Crippen LogP contribution in [0.2, 0.25) is 0 Å². The van der Waals surface area contributed by atoms with Crippen LogP contribution in [0.3, 0.4) is 0 Å². The minimum absolute atomic E-state index is 0.163. The van der Waals surface area contributed by atoms with Crippen LogP contribution in [-0.2, 0) is 5.41 Å². The number of aromatic nitrogens is 1. The molecule has 0 fully saturated rings. The zero-order valence-corrected chi connectivity index (χ0v) is 18.1. The first-order chi connectivity index (χ1) is 14.4. The summed E-state index contributed by atoms with van der Waals surface area (Å²) in [5.74, 6) is 0. The van der Waals surface area contributed by atoms with E-state index in [1.807, 2.05) is 0 Å². The van der Waals surface area contributed by atoms with Crippen LogP contribution in [0.25, 0.3) is 38.6 Å². The quantitative estimate of drug-likeness (QED) is 0.288. The summed E-state index contributed by atoms with van der Waals surface area (Å²) in [7, 11) is 0. The van der Waals surface area contributed by atoms with E-state index in [2.05, 4.69) is 123 Å². The number of hydrogen-bond acceptors (Lipinski definition) is 0. The Labute approximate surface area is 178 Å². The third-order valence-electron chi connectivity index (χ3n) is 6.09. The van der Waals surface area contributed by atoms with Crippen molar-refractivity contribution in [2.45, 2.75) is 33.1 Å². The second-order valence-electron chi connectivity index (χ2n) is 9.20. The van der Waals surface area contributed by atoms with E-state index < -0.39 is 0 Å². The largest absolute Gasteiger partial charge is 0.309 e. The van der Waals surface area contributed by atoms with Gasteiger partial charge in [-0.05, 0) is 64.9 Å². The Morgan fingerprint density at radius 3 is 2.07 bits per heavy atom. The summed E-state index contributed by atoms with van der Waals surface area (Å²) in [4.78, 5) is 0. The summed E-state index contributed by atoms with van der Waals surface area (Å²) in [5, 5.41) is 2.59. The molecule has 30 heavy (non-hydrogen) atoms. The maximum atomic E-state index is 2.37. The van der Waals surface area contributed by atoms with Gasteiger partial charge in [-0.1, -0.05) is 81.4 Å². The molecule has 1 heteroatoms. The lowest BCUT2D eigenvalue weighted by Crippen LogP contribution is -2.11. The van der Waals surface area contributed by atoms with Crippen LogP contribution in [0.1, 0.15) is 31.9 Å². The van der Waals surface area contributed by atoms with Crippen molar-refractivity contribution < 1.29 is 0 Å². The Morgan fingerprint density at radius 1 is 0.633 bits per heavy atom. The highest BCUT2D eigenvalue weighted by Gasteiger charge is 2.16. The van der Waals surface area contributed by atoms with E-state index in [9.17, 15) is 0 Å². The van der Waals surface area contributed by atoms with Crippen molar-refractivity contribution >= 4 is 21.8 Å². The molecule has 0 aliphatic rings. The van der Waals surface area contributed by atoms with Crippen LogP contribution in [0.15, 0.2) is 91.0 Å². The summed E-state index contributed by atoms with van der Waals surface area (Å²) in [6, 6.07) is 33.1. The molecule has 4 aromatic carbocycles. The topological polar surface area (TPSA) is 4.93 Å². The molecule has 1 heterocycles. The fourth-order valence-electron chi connectivity index (χ4n) is 4.45. The molecule has 0 bridgehead atoms. The molecule has 0 radical (unpaired) electrons. The highest BCUT2D eigenvalue weighted by atomic mass is 15.0. The van der Waals surface area contributed by atoms with E-state index in [0.29, 0.717) is 0 Å². The number of para-hydroxylation sites is 2. The Bertz CT molecular complexity index is 1360. The molecule has 0 saturated heterocycles. The first-order valence-corrected chi connectivity index (χ1v) is 10.6. The van der Waals surface area contributed by atoms with Crippen molar-refractivity contribution in [3.8, 4) is 16.8 Å². The number of hydrogen-bond donors (Lipinski definition) is 0. The molecule has 0 atom stereocenters. The van der Waals surface area contributed by atoms with Crippen molar-refractivity contribution in [2.24, 2.45) is 0 Å². The molecule has 0 saturated carbocycles. The molecule has 0 unspecified atom stereocenters. The Morgan fingerprint density at radius 2 is 1.33 bits per heavy atom. The highest BCUT2D eigenvalue weighted by Crippen LogP contribution is 2.36. The van der Waals surface area contributed by atoms with Gasteiger partial charge in [0.05, 0.1) is 11.0 Å². The maximum Gasteiger partial charge on any atom is 0.0541 e. The molecule has 148 valence electrons. The van der Waals surface area contributed by atoms with Crippen LogP contribution in [0.5, 0.6) is 0 Å². The van der Waals surface area contributed by atoms with E-state index in [-0.39, 0.29) is 5.41 Å². The van der Waals surface area contributed by atoms with E-state index in [1.165, 1.54) is 49.7 Å². The van der Waals surface area contributed by atoms with Crippen LogP contribution in [-0.4, -0.2) is 4.57 Å². The van der Waals surface area contributed by atoms with Gasteiger partial charge in [0, 0.05) is 16.5 Å². The summed E-state index contributed by atoms with van der Waals surface area (Å²) in [6.07, 6.45) is 0. The number of benzene rings is 4. The van der Waals surface area contributed by atoms with Crippen LogP contribution in [0, 0.1) is 6.92 Å². The van der Waals surface area contributed by atoms with Gasteiger partial charge in [-0.15, -0.1) is 0 Å². The summed E-state index contributed by atoms with van der Waals surface area (Å²) in [5.41, 5.74) is 9.14. The van der Waals surface area contributed by atoms with Crippen molar-refractivity contribution in [3.05, 3.63) is 102 Å². The van der Waals surface area contributed by atoms with Gasteiger partial charge in [0.1, 0.15) is 0 Å². The fraction of sp³-hybridized carbons (Fsp3) is 0.172. The van der Waals surface area contributed by atoms with Gasteiger partial charge in [0.2, 0.25) is 0 Å². The second-order valence-corrected chi connectivity index (χ2v) is 9.20. The smallest absolute Gasteiger partial charge is 0.0541 e. The molecular weight excluding hydrogens is 362 g/mol. The lowest BCUT2D eigenvalue weighted by atomic mass is 9.84. The molecule has 5 aromatic rings. The minimum atomic E-state index is 0.163. The number of aryl methyl sites for hydroxylation is 1. The zero-order chi connectivity index (χ0) is 20.9. The summed E-state index contributed by atoms with van der Waals surface area (Å²) < 4.78 is 2.37. The maximum absolute atomic E-state index is 2.37. The molecule has 0 spiro atoms. The molecule has 0 aliphatic carbocycles. The average Bonchev–Trinajstić information content (AvgIpc) is 3.07. The summed E-state index contributed by atoms with van der Waals surface area (Å²) >= 11 is 0. The molecule has 1 aromatic heterocycles. The lowest BCUT2D eigenvalue weighted by Gasteiger charge is -2.20. The Balaban J connectivity index is 1.74. The van der Waals surface area contributed by atoms with Gasteiger partial charge in [-0.25, -0.2) is 0 Å². The highest BCUT2D eigenvalue weighted by molar-refractivity contribution is 6.10. The van der Waals surface area contributed by atoms with E-state index in [0.717, 1.165) is 0 Å². The van der Waals surface area contributed by atoms with Crippen LogP contribution in [0.4, 0.5) is 0 Å². The van der Waals surface area contributed by atoms with Crippen molar-refractivity contribution in [2.75, 3.05) is 0 Å². The Hall–Kier alpha value is -3.32. The van der Waals surface area contributed by atoms with Gasteiger partial charge in [-0.2, -0.15) is 0 Å². The number of nitrogens with zero attached hydrogens (tertiary/aromatic N) is 1. The van der Waals surface area contributed by atoms with Crippen molar-refractivity contribution in [1.82, 2.24) is 4.57 Å². The summed E-state index contributed by atoms with van der Waals surface area (Å²) in [6.45, 7) is 9.03. The fourth-order valence-corrected chi connectivity index (χ4v) is 4.45. The van der Waals surface area contributed by atoms with Gasteiger partial charge < -0.3 is 4.57 Å². The molecule has 1 nitrogen and oxygen atoms in total. The molecule has 0 N–H and O–H groups in total. The molecule has 0 amide bonds. The average molecular weight is 390 g/mol. The number of fused-ring (bicyclic) bond motifs is 3. The zero-order valence-electron chi connectivity index (χ0n) is 18.1. The molecular formula is C29H27N. The van der Waals surface area contributed by atoms with Gasteiger partial charge in [0.15, 0.2) is 0 Å². The minimum Gasteiger partial charge on any atom is -0.309 e. The molecule has 5 rings (SSSR count). The van der Waals surface area contributed by atoms with Gasteiger partial charge in [-0.3, -0.25) is 0 Å². The standard InChI is InChI=1S/C29H27N/c1-20-18-22(29(2,3)4)15-16-24(20)21-14-17-28-26(19-21)25-12-8-9-13-27(25)30(28)23-10-6-5-7-11-23/h5-19H,1-4H3. The van der Waals surface area contributed by atoms with E-state index in [4.69, 9.17) is 0 Å². The normalized spacial score (nSPS) is 12.0. The van der Waals surface area contributed by atoms with Crippen molar-refractivity contribution in [1.29, 1.82) is 0 Å².